The lowest BCUT2D eigenvalue weighted by atomic mass is 10.1. The standard InChI is InChI=1S/C22H25ClN4O2/c1-17(22(28)25-21-5-3-2-4-18(21)16-24)27-12-10-26(11-13-27)14-15-29-20-8-6-19(23)7-9-20/h2-9,17H,10-15H2,1H3,(H,25,28)/p+2/t17-/m1/s1. The van der Waals surface area contributed by atoms with Crippen LogP contribution in [0.5, 0.6) is 5.75 Å². The number of quaternary nitrogens is 2. The van der Waals surface area contributed by atoms with E-state index < -0.39 is 0 Å². The Bertz CT molecular complexity index is 858. The molecule has 0 radical (unpaired) electrons. The van der Waals surface area contributed by atoms with E-state index in [1.807, 2.05) is 37.3 Å². The highest BCUT2D eigenvalue weighted by Gasteiger charge is 2.31. The lowest BCUT2D eigenvalue weighted by Crippen LogP contribution is -3.30. The Morgan fingerprint density at radius 3 is 2.55 bits per heavy atom. The van der Waals surface area contributed by atoms with Crippen molar-refractivity contribution in [2.75, 3.05) is 44.6 Å². The number of nitrogens with zero attached hydrogens (tertiary/aromatic N) is 1. The summed E-state index contributed by atoms with van der Waals surface area (Å²) in [5.74, 6) is 0.790. The number of hydrogen-bond acceptors (Lipinski definition) is 3. The molecule has 3 rings (SSSR count). The van der Waals surface area contributed by atoms with Gasteiger partial charge in [-0.3, -0.25) is 4.79 Å². The molecule has 0 unspecified atom stereocenters. The van der Waals surface area contributed by atoms with Crippen LogP contribution in [0.4, 0.5) is 5.69 Å². The SMILES string of the molecule is C[C@H](C(=O)Nc1ccccc1C#N)[NH+]1CC[NH+](CCOc2ccc(Cl)cc2)CC1. The fourth-order valence-electron chi connectivity index (χ4n) is 3.57. The van der Waals surface area contributed by atoms with E-state index in [1.165, 1.54) is 9.80 Å². The van der Waals surface area contributed by atoms with Crippen molar-refractivity contribution >= 4 is 23.2 Å². The quantitative estimate of drug-likeness (QED) is 0.614. The molecule has 0 spiro atoms. The van der Waals surface area contributed by atoms with Gasteiger partial charge < -0.3 is 19.9 Å². The highest BCUT2D eigenvalue weighted by atomic mass is 35.5. The molecule has 0 aromatic heterocycles. The van der Waals surface area contributed by atoms with E-state index in [2.05, 4.69) is 11.4 Å². The van der Waals surface area contributed by atoms with E-state index in [0.717, 1.165) is 38.5 Å². The molecule has 6 nitrogen and oxygen atoms in total. The van der Waals surface area contributed by atoms with Crippen molar-refractivity contribution in [2.45, 2.75) is 13.0 Å². The molecule has 0 bridgehead atoms. The first-order valence-electron chi connectivity index (χ1n) is 9.93. The molecular weight excluding hydrogens is 388 g/mol. The maximum atomic E-state index is 12.6. The molecule has 152 valence electrons. The number of nitrogens with one attached hydrogen (secondary N) is 3. The molecular formula is C22H27ClN4O2+2. The van der Waals surface area contributed by atoms with Gasteiger partial charge in [-0.1, -0.05) is 23.7 Å². The zero-order valence-corrected chi connectivity index (χ0v) is 17.3. The largest absolute Gasteiger partial charge is 0.488 e. The molecule has 2 aromatic rings. The normalized spacial score (nSPS) is 19.8. The number of anilines is 1. The number of amides is 1. The van der Waals surface area contributed by atoms with Gasteiger partial charge in [0.15, 0.2) is 6.04 Å². The van der Waals surface area contributed by atoms with Crippen LogP contribution in [-0.2, 0) is 4.79 Å². The number of piperazine rings is 1. The van der Waals surface area contributed by atoms with Gasteiger partial charge in [0.2, 0.25) is 0 Å². The Morgan fingerprint density at radius 2 is 1.86 bits per heavy atom. The Kier molecular flexibility index (Phi) is 7.48. The van der Waals surface area contributed by atoms with Crippen molar-refractivity contribution in [3.63, 3.8) is 0 Å². The fraction of sp³-hybridized carbons (Fsp3) is 0.364. The fourth-order valence-corrected chi connectivity index (χ4v) is 3.69. The molecule has 1 amide bonds. The van der Waals surface area contributed by atoms with Gasteiger partial charge in [0.05, 0.1) is 11.3 Å². The summed E-state index contributed by atoms with van der Waals surface area (Å²) < 4.78 is 5.79. The van der Waals surface area contributed by atoms with E-state index in [0.29, 0.717) is 22.9 Å². The summed E-state index contributed by atoms with van der Waals surface area (Å²) in [6, 6.07) is 16.5. The van der Waals surface area contributed by atoms with Gasteiger partial charge in [0, 0.05) is 5.02 Å². The van der Waals surface area contributed by atoms with E-state index in [-0.39, 0.29) is 11.9 Å². The predicted molar refractivity (Wildman–Crippen MR) is 112 cm³/mol. The summed E-state index contributed by atoms with van der Waals surface area (Å²) in [4.78, 5) is 15.4. The van der Waals surface area contributed by atoms with E-state index in [9.17, 15) is 10.1 Å². The van der Waals surface area contributed by atoms with Gasteiger partial charge in [-0.2, -0.15) is 5.26 Å². The summed E-state index contributed by atoms with van der Waals surface area (Å²) in [7, 11) is 0. The van der Waals surface area contributed by atoms with E-state index >= 15 is 0 Å². The predicted octanol–water partition coefficient (Wildman–Crippen LogP) is 0.401. The zero-order valence-electron chi connectivity index (χ0n) is 16.6. The molecule has 0 aliphatic carbocycles. The number of hydrogen-bond donors (Lipinski definition) is 3. The number of halogens is 1. The summed E-state index contributed by atoms with van der Waals surface area (Å²) in [5.41, 5.74) is 1.06. The average Bonchev–Trinajstić information content (AvgIpc) is 2.75. The van der Waals surface area contributed by atoms with Crippen LogP contribution < -0.4 is 19.9 Å². The van der Waals surface area contributed by atoms with Crippen LogP contribution in [0.3, 0.4) is 0 Å². The summed E-state index contributed by atoms with van der Waals surface area (Å²) in [5, 5.41) is 12.8. The van der Waals surface area contributed by atoms with E-state index in [4.69, 9.17) is 16.3 Å². The van der Waals surface area contributed by atoms with E-state index in [1.54, 1.807) is 18.2 Å². The molecule has 29 heavy (non-hydrogen) atoms. The molecule has 1 heterocycles. The Labute approximate surface area is 176 Å². The molecule has 1 fully saturated rings. The Balaban J connectivity index is 1.41. The molecule has 1 atom stereocenters. The zero-order chi connectivity index (χ0) is 20.6. The first kappa shape index (κ1) is 21.1. The van der Waals surface area contributed by atoms with Crippen LogP contribution in [0.1, 0.15) is 12.5 Å². The van der Waals surface area contributed by atoms with Crippen LogP contribution in [-0.4, -0.2) is 51.3 Å². The van der Waals surface area contributed by atoms with Crippen molar-refractivity contribution in [2.24, 2.45) is 0 Å². The van der Waals surface area contributed by atoms with Crippen LogP contribution in [0.15, 0.2) is 48.5 Å². The highest BCUT2D eigenvalue weighted by Crippen LogP contribution is 2.15. The van der Waals surface area contributed by atoms with Crippen LogP contribution >= 0.6 is 11.6 Å². The number of carbonyl (C=O) groups is 1. The number of benzene rings is 2. The third-order valence-electron chi connectivity index (χ3n) is 5.45. The average molecular weight is 415 g/mol. The summed E-state index contributed by atoms with van der Waals surface area (Å²) in [6.07, 6.45) is 0. The minimum Gasteiger partial charge on any atom is -0.488 e. The molecule has 0 saturated carbocycles. The first-order valence-corrected chi connectivity index (χ1v) is 10.3. The van der Waals surface area contributed by atoms with Gasteiger partial charge in [-0.25, -0.2) is 0 Å². The highest BCUT2D eigenvalue weighted by molar-refractivity contribution is 6.30. The van der Waals surface area contributed by atoms with Crippen molar-refractivity contribution in [3.05, 3.63) is 59.1 Å². The van der Waals surface area contributed by atoms with Gasteiger partial charge in [-0.15, -0.1) is 0 Å². The minimum atomic E-state index is -0.159. The molecule has 7 heteroatoms. The summed E-state index contributed by atoms with van der Waals surface area (Å²) >= 11 is 5.88. The first-order chi connectivity index (χ1) is 14.1. The number of nitriles is 1. The second kappa shape index (κ2) is 10.3. The third kappa shape index (κ3) is 5.94. The number of rotatable bonds is 7. The third-order valence-corrected chi connectivity index (χ3v) is 5.70. The monoisotopic (exact) mass is 414 g/mol. The van der Waals surface area contributed by atoms with Crippen molar-refractivity contribution in [1.29, 1.82) is 5.26 Å². The topological polar surface area (TPSA) is 71.0 Å². The molecule has 2 aromatic carbocycles. The van der Waals surface area contributed by atoms with Crippen LogP contribution in [0.2, 0.25) is 5.02 Å². The maximum absolute atomic E-state index is 12.6. The van der Waals surface area contributed by atoms with Crippen LogP contribution in [0.25, 0.3) is 0 Å². The lowest BCUT2D eigenvalue weighted by molar-refractivity contribution is -1.02. The Hall–Kier alpha value is -2.59. The lowest BCUT2D eigenvalue weighted by Gasteiger charge is -2.32. The smallest absolute Gasteiger partial charge is 0.282 e. The van der Waals surface area contributed by atoms with Crippen molar-refractivity contribution < 1.29 is 19.3 Å². The number of ether oxygens (including phenoxy) is 1. The molecule has 1 aliphatic heterocycles. The minimum absolute atomic E-state index is 0.0442. The van der Waals surface area contributed by atoms with Gasteiger partial charge in [0.25, 0.3) is 5.91 Å². The number of para-hydroxylation sites is 1. The van der Waals surface area contributed by atoms with Gasteiger partial charge in [-0.05, 0) is 43.3 Å². The number of carbonyl (C=O) groups excluding carboxylic acids is 1. The maximum Gasteiger partial charge on any atom is 0.282 e. The Morgan fingerprint density at radius 1 is 1.17 bits per heavy atom. The van der Waals surface area contributed by atoms with Gasteiger partial charge in [0.1, 0.15) is 51.1 Å². The second-order valence-electron chi connectivity index (χ2n) is 7.33. The molecule has 1 aliphatic rings. The second-order valence-corrected chi connectivity index (χ2v) is 7.77. The van der Waals surface area contributed by atoms with Crippen molar-refractivity contribution in [1.82, 2.24) is 0 Å². The van der Waals surface area contributed by atoms with Crippen molar-refractivity contribution in [3.8, 4) is 11.8 Å². The van der Waals surface area contributed by atoms with Crippen LogP contribution in [0, 0.1) is 11.3 Å². The van der Waals surface area contributed by atoms with Gasteiger partial charge >= 0.3 is 0 Å². The molecule has 3 N–H and O–H groups in total. The molecule has 1 saturated heterocycles. The summed E-state index contributed by atoms with van der Waals surface area (Å²) in [6.45, 7) is 7.43.